The van der Waals surface area contributed by atoms with E-state index in [9.17, 15) is 18.4 Å². The number of ether oxygens (including phenoxy) is 3. The van der Waals surface area contributed by atoms with Crippen LogP contribution in [-0.2, 0) is 4.74 Å². The van der Waals surface area contributed by atoms with Crippen molar-refractivity contribution in [2.75, 3.05) is 26.8 Å². The Hall–Kier alpha value is -3.41. The van der Waals surface area contributed by atoms with E-state index in [1.165, 1.54) is 25.3 Å². The number of halogens is 2. The average Bonchev–Trinajstić information content (AvgIpc) is 3.57. The Bertz CT molecular complexity index is 1080. The number of carbonyl (C=O) groups excluding carboxylic acids is 2. The molecule has 0 spiro atoms. The minimum Gasteiger partial charge on any atom is -0.489 e. The van der Waals surface area contributed by atoms with Crippen molar-refractivity contribution in [2.45, 2.75) is 51.3 Å². The normalized spacial score (nSPS) is 17.1. The van der Waals surface area contributed by atoms with E-state index in [-0.39, 0.29) is 34.9 Å². The number of hydrogen-bond acceptors (Lipinski definition) is 8. The monoisotopic (exact) mass is 508 g/mol. The molecule has 1 saturated heterocycles. The maximum atomic E-state index is 13.1. The Labute approximate surface area is 207 Å². The number of carbonyl (C=O) groups is 2. The molecular formula is C24H30F2N4O6. The number of aromatic nitrogens is 1. The number of rotatable bonds is 9. The van der Waals surface area contributed by atoms with Gasteiger partial charge in [0, 0.05) is 24.7 Å². The van der Waals surface area contributed by atoms with Crippen molar-refractivity contribution in [3.05, 3.63) is 29.7 Å². The fourth-order valence-electron chi connectivity index (χ4n) is 3.96. The number of alkyl halides is 2. The molecule has 2 aromatic rings. The molecule has 0 bridgehead atoms. The van der Waals surface area contributed by atoms with E-state index in [0.29, 0.717) is 44.0 Å². The van der Waals surface area contributed by atoms with Gasteiger partial charge in [0.1, 0.15) is 0 Å². The zero-order valence-electron chi connectivity index (χ0n) is 20.2. The Balaban J connectivity index is 1.52. The van der Waals surface area contributed by atoms with Crippen molar-refractivity contribution in [3.63, 3.8) is 0 Å². The highest BCUT2D eigenvalue weighted by molar-refractivity contribution is 5.94. The van der Waals surface area contributed by atoms with Crippen molar-refractivity contribution >= 4 is 12.0 Å². The minimum absolute atomic E-state index is 0.0451. The molecule has 1 aromatic carbocycles. The van der Waals surface area contributed by atoms with Crippen LogP contribution in [0.15, 0.2) is 22.6 Å². The lowest BCUT2D eigenvalue weighted by Crippen LogP contribution is -2.46. The summed E-state index contributed by atoms with van der Waals surface area (Å²) < 4.78 is 46.6. The molecule has 196 valence electrons. The van der Waals surface area contributed by atoms with E-state index in [1.807, 2.05) is 0 Å². The molecule has 0 radical (unpaired) electrons. The largest absolute Gasteiger partial charge is 0.489 e. The van der Waals surface area contributed by atoms with Crippen LogP contribution < -0.4 is 20.5 Å². The van der Waals surface area contributed by atoms with Gasteiger partial charge in [-0.2, -0.15) is 8.78 Å². The van der Waals surface area contributed by atoms with Crippen LogP contribution in [0.1, 0.15) is 54.9 Å². The van der Waals surface area contributed by atoms with E-state index in [0.717, 1.165) is 12.8 Å². The highest BCUT2D eigenvalue weighted by atomic mass is 19.3. The smallest absolute Gasteiger partial charge is 0.409 e. The summed E-state index contributed by atoms with van der Waals surface area (Å²) in [4.78, 5) is 30.7. The predicted octanol–water partition coefficient (Wildman–Crippen LogP) is 3.71. The summed E-state index contributed by atoms with van der Waals surface area (Å²) >= 11 is 0. The summed E-state index contributed by atoms with van der Waals surface area (Å²) in [7, 11) is 1.33. The molecule has 36 heavy (non-hydrogen) atoms. The first-order valence-electron chi connectivity index (χ1n) is 11.9. The number of nitrogens with two attached hydrogens (primary N) is 1. The number of benzene rings is 1. The first-order chi connectivity index (χ1) is 17.2. The van der Waals surface area contributed by atoms with Gasteiger partial charge in [-0.05, 0) is 56.7 Å². The predicted molar refractivity (Wildman–Crippen MR) is 124 cm³/mol. The topological polar surface area (TPSA) is 129 Å². The van der Waals surface area contributed by atoms with Crippen LogP contribution in [-0.4, -0.2) is 61.3 Å². The molecule has 2 aliphatic rings. The molecule has 1 unspecified atom stereocenters. The molecule has 1 aliphatic heterocycles. The SMILES string of the molecule is COC(=O)N1CCC(NC(=O)c2nc(-c3ccc(OC(F)F)c(OCC4CC4)c3)oc2C(C)N)CC1. The standard InChI is InChI=1S/C24H30F2N4O6/c1-13(27)20-19(21(31)28-16-7-9-30(10-8-16)24(32)33-2)29-22(36-20)15-5-6-17(35-23(25)26)18(11-15)34-12-14-3-4-14/h5-6,11,13-14,16,23H,3-4,7-10,12,27H2,1-2H3,(H,28,31). The molecule has 2 amide bonds. The highest BCUT2D eigenvalue weighted by Crippen LogP contribution is 2.37. The molecule has 1 atom stereocenters. The van der Waals surface area contributed by atoms with Crippen LogP contribution in [0.25, 0.3) is 11.5 Å². The van der Waals surface area contributed by atoms with Gasteiger partial charge in [0.05, 0.1) is 19.8 Å². The maximum Gasteiger partial charge on any atom is 0.409 e. The summed E-state index contributed by atoms with van der Waals surface area (Å²) in [6.07, 6.45) is 2.79. The van der Waals surface area contributed by atoms with Crippen LogP contribution in [0.4, 0.5) is 13.6 Å². The van der Waals surface area contributed by atoms with E-state index in [4.69, 9.17) is 19.6 Å². The number of amides is 2. The van der Waals surface area contributed by atoms with Crippen molar-refractivity contribution in [3.8, 4) is 23.0 Å². The van der Waals surface area contributed by atoms with E-state index < -0.39 is 24.7 Å². The van der Waals surface area contributed by atoms with Gasteiger partial charge >= 0.3 is 12.7 Å². The summed E-state index contributed by atoms with van der Waals surface area (Å²) in [6, 6.07) is 3.57. The third kappa shape index (κ3) is 6.23. The van der Waals surface area contributed by atoms with Crippen molar-refractivity contribution in [2.24, 2.45) is 11.7 Å². The van der Waals surface area contributed by atoms with E-state index in [1.54, 1.807) is 11.8 Å². The molecule has 1 saturated carbocycles. The number of methoxy groups -OCH3 is 1. The lowest BCUT2D eigenvalue weighted by atomic mass is 10.0. The summed E-state index contributed by atoms with van der Waals surface area (Å²) in [5.74, 6) is 0.301. The van der Waals surface area contributed by atoms with Gasteiger partial charge in [0.15, 0.2) is 23.0 Å². The Morgan fingerprint density at radius 3 is 2.56 bits per heavy atom. The zero-order valence-corrected chi connectivity index (χ0v) is 20.2. The maximum absolute atomic E-state index is 13.1. The van der Waals surface area contributed by atoms with Gasteiger partial charge < -0.3 is 34.6 Å². The number of likely N-dealkylation sites (tertiary alicyclic amines) is 1. The Kier molecular flexibility index (Phi) is 7.92. The third-order valence-corrected chi connectivity index (χ3v) is 6.12. The molecule has 1 aromatic heterocycles. The quantitative estimate of drug-likeness (QED) is 0.525. The second-order valence-electron chi connectivity index (χ2n) is 9.02. The number of nitrogens with one attached hydrogen (secondary N) is 1. The van der Waals surface area contributed by atoms with Gasteiger partial charge in [-0.3, -0.25) is 4.79 Å². The van der Waals surface area contributed by atoms with Crippen molar-refractivity contribution in [1.82, 2.24) is 15.2 Å². The van der Waals surface area contributed by atoms with Crippen LogP contribution in [0.2, 0.25) is 0 Å². The van der Waals surface area contributed by atoms with Crippen LogP contribution >= 0.6 is 0 Å². The molecule has 1 aliphatic carbocycles. The first-order valence-corrected chi connectivity index (χ1v) is 11.9. The fourth-order valence-corrected chi connectivity index (χ4v) is 3.96. The third-order valence-electron chi connectivity index (χ3n) is 6.12. The molecule has 4 rings (SSSR count). The number of hydrogen-bond donors (Lipinski definition) is 2. The second-order valence-corrected chi connectivity index (χ2v) is 9.02. The molecule has 3 N–H and O–H groups in total. The second kappa shape index (κ2) is 11.1. The molecule has 2 fully saturated rings. The van der Waals surface area contributed by atoms with Gasteiger partial charge in [0.2, 0.25) is 5.89 Å². The summed E-state index contributed by atoms with van der Waals surface area (Å²) in [5, 5.41) is 2.93. The molecule has 10 nitrogen and oxygen atoms in total. The number of nitrogens with zero attached hydrogens (tertiary/aromatic N) is 2. The van der Waals surface area contributed by atoms with Crippen LogP contribution in [0, 0.1) is 5.92 Å². The number of piperidine rings is 1. The van der Waals surface area contributed by atoms with Crippen molar-refractivity contribution in [1.29, 1.82) is 0 Å². The fraction of sp³-hybridized carbons (Fsp3) is 0.542. The lowest BCUT2D eigenvalue weighted by Gasteiger charge is -2.31. The average molecular weight is 509 g/mol. The van der Waals surface area contributed by atoms with Crippen LogP contribution in [0.3, 0.4) is 0 Å². The van der Waals surface area contributed by atoms with Gasteiger partial charge in [0.25, 0.3) is 5.91 Å². The minimum atomic E-state index is -3.00. The lowest BCUT2D eigenvalue weighted by molar-refractivity contribution is -0.0515. The van der Waals surface area contributed by atoms with Gasteiger partial charge in [-0.15, -0.1) is 0 Å². The zero-order chi connectivity index (χ0) is 25.8. The summed E-state index contributed by atoms with van der Waals surface area (Å²) in [6.45, 7) is -0.0286. The summed E-state index contributed by atoms with van der Waals surface area (Å²) in [5.41, 5.74) is 6.51. The first kappa shape index (κ1) is 25.7. The molecular weight excluding hydrogens is 478 g/mol. The van der Waals surface area contributed by atoms with Crippen molar-refractivity contribution < 1.29 is 37.0 Å². The number of oxazole rings is 1. The molecule has 12 heteroatoms. The highest BCUT2D eigenvalue weighted by Gasteiger charge is 2.29. The van der Waals surface area contributed by atoms with Crippen LogP contribution in [0.5, 0.6) is 11.5 Å². The van der Waals surface area contributed by atoms with E-state index >= 15 is 0 Å². The van der Waals surface area contributed by atoms with E-state index in [2.05, 4.69) is 15.0 Å². The van der Waals surface area contributed by atoms with Gasteiger partial charge in [-0.25, -0.2) is 9.78 Å². The molecule has 2 heterocycles. The van der Waals surface area contributed by atoms with Gasteiger partial charge in [-0.1, -0.05) is 0 Å². The Morgan fingerprint density at radius 2 is 1.94 bits per heavy atom. The Morgan fingerprint density at radius 1 is 1.22 bits per heavy atom.